The molecule has 0 bridgehead atoms. The quantitative estimate of drug-likeness (QED) is 0.801. The van der Waals surface area contributed by atoms with Crippen molar-refractivity contribution in [2.45, 2.75) is 31.8 Å². The first-order valence-corrected chi connectivity index (χ1v) is 6.79. The Bertz CT molecular complexity index is 377. The Morgan fingerprint density at radius 2 is 2.17 bits per heavy atom. The lowest BCUT2D eigenvalue weighted by molar-refractivity contribution is -0.888. The third-order valence-electron chi connectivity index (χ3n) is 3.46. The van der Waals surface area contributed by atoms with Crippen molar-refractivity contribution in [2.24, 2.45) is 0 Å². The predicted molar refractivity (Wildman–Crippen MR) is 70.5 cm³/mol. The Labute approximate surface area is 109 Å². The molecule has 3 nitrogen and oxygen atoms in total. The van der Waals surface area contributed by atoms with Gasteiger partial charge < -0.3 is 9.64 Å². The van der Waals surface area contributed by atoms with Gasteiger partial charge >= 0.3 is 5.97 Å². The van der Waals surface area contributed by atoms with E-state index in [1.165, 1.54) is 17.0 Å². The van der Waals surface area contributed by atoms with Gasteiger partial charge in [0.1, 0.15) is 6.54 Å². The molecule has 1 aliphatic heterocycles. The van der Waals surface area contributed by atoms with E-state index in [4.69, 9.17) is 4.74 Å². The minimum Gasteiger partial charge on any atom is -0.456 e. The molecule has 0 aromatic heterocycles. The topological polar surface area (TPSA) is 30.7 Å². The van der Waals surface area contributed by atoms with Crippen molar-refractivity contribution in [1.82, 2.24) is 0 Å². The van der Waals surface area contributed by atoms with Crippen LogP contribution in [0.15, 0.2) is 30.3 Å². The molecular weight excluding hydrogens is 226 g/mol. The Hall–Kier alpha value is -1.35. The molecule has 2 rings (SSSR count). The molecule has 0 amide bonds. The molecule has 2 unspecified atom stereocenters. The van der Waals surface area contributed by atoms with Gasteiger partial charge in [-0.2, -0.15) is 0 Å². The maximum Gasteiger partial charge on any atom is 0.306 e. The van der Waals surface area contributed by atoms with E-state index in [2.05, 4.69) is 7.05 Å². The van der Waals surface area contributed by atoms with Crippen LogP contribution in [0.1, 0.15) is 24.8 Å². The van der Waals surface area contributed by atoms with Crippen molar-refractivity contribution in [1.29, 1.82) is 0 Å². The van der Waals surface area contributed by atoms with Gasteiger partial charge in [0.15, 0.2) is 6.10 Å². The van der Waals surface area contributed by atoms with Gasteiger partial charge in [-0.25, -0.2) is 0 Å². The van der Waals surface area contributed by atoms with Crippen LogP contribution in [0, 0.1) is 0 Å². The highest BCUT2D eigenvalue weighted by Crippen LogP contribution is 2.07. The van der Waals surface area contributed by atoms with E-state index < -0.39 is 0 Å². The summed E-state index contributed by atoms with van der Waals surface area (Å²) in [4.78, 5) is 13.2. The highest BCUT2D eigenvalue weighted by Gasteiger charge is 2.23. The molecular formula is C15H22NO2+. The van der Waals surface area contributed by atoms with Crippen molar-refractivity contribution in [2.75, 3.05) is 20.1 Å². The number of rotatable bonds is 4. The smallest absolute Gasteiger partial charge is 0.306 e. The minimum absolute atomic E-state index is 0.0569. The number of carbonyl (C=O) groups is 1. The van der Waals surface area contributed by atoms with Gasteiger partial charge in [-0.05, 0) is 18.4 Å². The van der Waals surface area contributed by atoms with E-state index in [0.29, 0.717) is 6.42 Å². The SMILES string of the molecule is C[NH+]1CCCC(OC(=O)CCc2ccccc2)C1. The van der Waals surface area contributed by atoms with Crippen LogP contribution in [0.5, 0.6) is 0 Å². The highest BCUT2D eigenvalue weighted by atomic mass is 16.5. The molecule has 1 saturated heterocycles. The normalized spacial score (nSPS) is 23.6. The molecule has 98 valence electrons. The highest BCUT2D eigenvalue weighted by molar-refractivity contribution is 5.69. The number of esters is 1. The van der Waals surface area contributed by atoms with Crippen molar-refractivity contribution in [3.63, 3.8) is 0 Å². The van der Waals surface area contributed by atoms with Crippen LogP contribution < -0.4 is 4.90 Å². The largest absolute Gasteiger partial charge is 0.456 e. The number of carbonyl (C=O) groups excluding carboxylic acids is 1. The summed E-state index contributed by atoms with van der Waals surface area (Å²) in [7, 11) is 2.16. The molecule has 1 aromatic carbocycles. The van der Waals surface area contributed by atoms with E-state index in [-0.39, 0.29) is 12.1 Å². The first kappa shape index (κ1) is 13.1. The van der Waals surface area contributed by atoms with Crippen molar-refractivity contribution in [3.05, 3.63) is 35.9 Å². The lowest BCUT2D eigenvalue weighted by atomic mass is 10.1. The van der Waals surface area contributed by atoms with E-state index in [1.807, 2.05) is 30.3 Å². The second-order valence-electron chi connectivity index (χ2n) is 5.15. The van der Waals surface area contributed by atoms with Gasteiger partial charge in [-0.1, -0.05) is 30.3 Å². The summed E-state index contributed by atoms with van der Waals surface area (Å²) in [5.41, 5.74) is 1.20. The summed E-state index contributed by atoms with van der Waals surface area (Å²) in [6.07, 6.45) is 3.56. The fraction of sp³-hybridized carbons (Fsp3) is 0.533. The summed E-state index contributed by atoms with van der Waals surface area (Å²) < 4.78 is 5.52. The number of piperidine rings is 1. The Morgan fingerprint density at radius 1 is 1.39 bits per heavy atom. The number of aryl methyl sites for hydroxylation is 1. The Kier molecular flexibility index (Phi) is 4.76. The van der Waals surface area contributed by atoms with Gasteiger partial charge in [0.2, 0.25) is 0 Å². The fourth-order valence-electron chi connectivity index (χ4n) is 2.46. The summed E-state index contributed by atoms with van der Waals surface area (Å²) >= 11 is 0. The average Bonchev–Trinajstić information content (AvgIpc) is 2.38. The molecule has 2 atom stereocenters. The average molecular weight is 248 g/mol. The molecule has 1 N–H and O–H groups in total. The summed E-state index contributed by atoms with van der Waals surface area (Å²) in [6.45, 7) is 2.15. The number of quaternary nitrogens is 1. The van der Waals surface area contributed by atoms with Crippen molar-refractivity contribution < 1.29 is 14.4 Å². The second-order valence-corrected chi connectivity index (χ2v) is 5.15. The van der Waals surface area contributed by atoms with E-state index >= 15 is 0 Å². The summed E-state index contributed by atoms with van der Waals surface area (Å²) in [5, 5.41) is 0. The van der Waals surface area contributed by atoms with Gasteiger partial charge in [-0.15, -0.1) is 0 Å². The van der Waals surface area contributed by atoms with E-state index in [9.17, 15) is 4.79 Å². The lowest BCUT2D eigenvalue weighted by Gasteiger charge is -2.26. The number of ether oxygens (including phenoxy) is 1. The number of likely N-dealkylation sites (tertiary alicyclic amines) is 1. The second kappa shape index (κ2) is 6.55. The van der Waals surface area contributed by atoms with Crippen LogP contribution in [0.4, 0.5) is 0 Å². The first-order chi connectivity index (χ1) is 8.74. The van der Waals surface area contributed by atoms with Gasteiger partial charge in [-0.3, -0.25) is 4.79 Å². The molecule has 1 aliphatic rings. The van der Waals surface area contributed by atoms with Crippen LogP contribution in [-0.4, -0.2) is 32.2 Å². The molecule has 0 saturated carbocycles. The molecule has 0 radical (unpaired) electrons. The van der Waals surface area contributed by atoms with Gasteiger partial charge in [0.25, 0.3) is 0 Å². The fourth-order valence-corrected chi connectivity index (χ4v) is 2.46. The number of nitrogens with one attached hydrogen (secondary N) is 1. The van der Waals surface area contributed by atoms with Crippen molar-refractivity contribution in [3.8, 4) is 0 Å². The van der Waals surface area contributed by atoms with Crippen LogP contribution in [0.3, 0.4) is 0 Å². The standard InChI is InChI=1S/C15H21NO2/c1-16-11-5-8-14(12-16)18-15(17)10-9-13-6-3-2-4-7-13/h2-4,6-7,14H,5,8-12H2,1H3/p+1. The molecule has 1 fully saturated rings. The van der Waals surface area contributed by atoms with Gasteiger partial charge in [0.05, 0.1) is 13.6 Å². The zero-order chi connectivity index (χ0) is 12.8. The van der Waals surface area contributed by atoms with Crippen LogP contribution in [0.25, 0.3) is 0 Å². The van der Waals surface area contributed by atoms with Gasteiger partial charge in [0, 0.05) is 12.8 Å². The first-order valence-electron chi connectivity index (χ1n) is 6.79. The molecule has 18 heavy (non-hydrogen) atoms. The monoisotopic (exact) mass is 248 g/mol. The maximum atomic E-state index is 11.8. The number of likely N-dealkylation sites (N-methyl/N-ethyl adjacent to an activating group) is 1. The van der Waals surface area contributed by atoms with E-state index in [0.717, 1.165) is 25.8 Å². The zero-order valence-electron chi connectivity index (χ0n) is 11.0. The summed E-state index contributed by atoms with van der Waals surface area (Å²) in [6, 6.07) is 10.1. The van der Waals surface area contributed by atoms with Crippen molar-refractivity contribution >= 4 is 5.97 Å². The number of benzene rings is 1. The maximum absolute atomic E-state index is 11.8. The van der Waals surface area contributed by atoms with Crippen LogP contribution in [0.2, 0.25) is 0 Å². The van der Waals surface area contributed by atoms with E-state index in [1.54, 1.807) is 0 Å². The Morgan fingerprint density at radius 3 is 2.89 bits per heavy atom. The number of hydrogen-bond donors (Lipinski definition) is 1. The molecule has 1 heterocycles. The zero-order valence-corrected chi connectivity index (χ0v) is 11.0. The minimum atomic E-state index is -0.0569. The molecule has 1 aromatic rings. The third kappa shape index (κ3) is 4.15. The lowest BCUT2D eigenvalue weighted by Crippen LogP contribution is -3.11. The van der Waals surface area contributed by atoms with Crippen LogP contribution in [-0.2, 0) is 16.0 Å². The molecule has 3 heteroatoms. The molecule has 0 aliphatic carbocycles. The summed E-state index contributed by atoms with van der Waals surface area (Å²) in [5.74, 6) is -0.0569. The number of hydrogen-bond acceptors (Lipinski definition) is 2. The third-order valence-corrected chi connectivity index (χ3v) is 3.46. The van der Waals surface area contributed by atoms with Crippen LogP contribution >= 0.6 is 0 Å². The Balaban J connectivity index is 1.72. The molecule has 0 spiro atoms. The predicted octanol–water partition coefficient (Wildman–Crippen LogP) is 0.840.